The van der Waals surface area contributed by atoms with Crippen LogP contribution in [0.3, 0.4) is 0 Å². The molecule has 0 aromatic heterocycles. The second kappa shape index (κ2) is 8.49. The minimum atomic E-state index is 0.581. The lowest BCUT2D eigenvalue weighted by Crippen LogP contribution is -2.42. The van der Waals surface area contributed by atoms with Crippen molar-refractivity contribution in [2.24, 2.45) is 10.8 Å². The summed E-state index contributed by atoms with van der Waals surface area (Å²) in [6.07, 6.45) is 1.01. The van der Waals surface area contributed by atoms with Crippen LogP contribution in [0.25, 0.3) is 0 Å². The van der Waals surface area contributed by atoms with E-state index >= 15 is 0 Å². The van der Waals surface area contributed by atoms with E-state index in [1.807, 2.05) is 12.1 Å². The van der Waals surface area contributed by atoms with Crippen LogP contribution in [0.1, 0.15) is 18.1 Å². The Morgan fingerprint density at radius 3 is 2.67 bits per heavy atom. The van der Waals surface area contributed by atoms with Crippen molar-refractivity contribution in [2.45, 2.75) is 19.9 Å². The lowest BCUT2D eigenvalue weighted by Gasteiger charge is -2.09. The smallest absolute Gasteiger partial charge is 0.206 e. The first-order valence-electron chi connectivity index (χ1n) is 6.12. The Balaban J connectivity index is 2.59. The van der Waals surface area contributed by atoms with Crippen molar-refractivity contribution in [3.05, 3.63) is 35.4 Å². The summed E-state index contributed by atoms with van der Waals surface area (Å²) in [4.78, 5) is 4.41. The summed E-state index contributed by atoms with van der Waals surface area (Å²) in [7, 11) is 1.66. The number of nitrogens with zero attached hydrogens (tertiary/aromatic N) is 1. The molecule has 0 fully saturated rings. The van der Waals surface area contributed by atoms with E-state index in [4.69, 9.17) is 10.6 Å². The van der Waals surface area contributed by atoms with E-state index in [0.717, 1.165) is 6.42 Å². The molecule has 0 saturated heterocycles. The highest BCUT2D eigenvalue weighted by atomic mass is 16.5. The summed E-state index contributed by atoms with van der Waals surface area (Å²) in [5, 5.41) is 3.07. The van der Waals surface area contributed by atoms with E-state index < -0.39 is 0 Å². The first-order chi connectivity index (χ1) is 8.81. The maximum Gasteiger partial charge on any atom is 0.206 e. The number of hydrogen-bond donors (Lipinski definition) is 3. The maximum absolute atomic E-state index is 5.41. The normalized spacial score (nSPS) is 11.4. The summed E-state index contributed by atoms with van der Waals surface area (Å²) in [6, 6.07) is 8.28. The maximum atomic E-state index is 5.41. The van der Waals surface area contributed by atoms with Gasteiger partial charge in [0, 0.05) is 13.7 Å². The van der Waals surface area contributed by atoms with Crippen LogP contribution in [0.2, 0.25) is 0 Å². The number of hydrazine groups is 1. The van der Waals surface area contributed by atoms with Crippen LogP contribution in [-0.4, -0.2) is 26.2 Å². The van der Waals surface area contributed by atoms with Crippen molar-refractivity contribution in [3.63, 3.8) is 0 Å². The molecule has 0 radical (unpaired) electrons. The summed E-state index contributed by atoms with van der Waals surface area (Å²) < 4.78 is 4.95. The number of nitrogens with two attached hydrogens (primary N) is 1. The molecule has 1 aromatic carbocycles. The third kappa shape index (κ3) is 4.73. The van der Waals surface area contributed by atoms with Gasteiger partial charge in [-0.15, -0.1) is 0 Å². The SMILES string of the molecule is CCc1ccccc1CN=C(NN)NCCOC. The standard InChI is InChI=1S/C13H22N4O/c1-3-11-6-4-5-7-12(11)10-16-13(17-14)15-8-9-18-2/h4-7H,3,8-10,14H2,1-2H3,(H2,15,16,17). The number of methoxy groups -OCH3 is 1. The van der Waals surface area contributed by atoms with E-state index in [1.54, 1.807) is 7.11 Å². The zero-order valence-corrected chi connectivity index (χ0v) is 11.1. The van der Waals surface area contributed by atoms with Gasteiger partial charge in [0.15, 0.2) is 0 Å². The molecule has 0 bridgehead atoms. The number of aryl methyl sites for hydroxylation is 1. The van der Waals surface area contributed by atoms with Crippen LogP contribution in [-0.2, 0) is 17.7 Å². The Labute approximate surface area is 108 Å². The van der Waals surface area contributed by atoms with Gasteiger partial charge in [0.1, 0.15) is 0 Å². The molecule has 5 heteroatoms. The average molecular weight is 250 g/mol. The molecule has 100 valence electrons. The fraction of sp³-hybridized carbons (Fsp3) is 0.462. The van der Waals surface area contributed by atoms with Crippen molar-refractivity contribution >= 4 is 5.96 Å². The number of aliphatic imine (C=N–C) groups is 1. The van der Waals surface area contributed by atoms with Gasteiger partial charge in [0.05, 0.1) is 13.2 Å². The Kier molecular flexibility index (Phi) is 6.83. The van der Waals surface area contributed by atoms with Gasteiger partial charge in [-0.3, -0.25) is 5.43 Å². The van der Waals surface area contributed by atoms with E-state index in [1.165, 1.54) is 11.1 Å². The van der Waals surface area contributed by atoms with Crippen molar-refractivity contribution in [1.29, 1.82) is 0 Å². The topological polar surface area (TPSA) is 71.7 Å². The van der Waals surface area contributed by atoms with Gasteiger partial charge in [-0.25, -0.2) is 10.8 Å². The number of nitrogens with one attached hydrogen (secondary N) is 2. The van der Waals surface area contributed by atoms with E-state index in [9.17, 15) is 0 Å². The van der Waals surface area contributed by atoms with Crippen molar-refractivity contribution < 1.29 is 4.74 Å². The van der Waals surface area contributed by atoms with Crippen molar-refractivity contribution in [1.82, 2.24) is 10.7 Å². The lowest BCUT2D eigenvalue weighted by atomic mass is 10.1. The third-order valence-electron chi connectivity index (χ3n) is 2.64. The first-order valence-corrected chi connectivity index (χ1v) is 6.12. The highest BCUT2D eigenvalue weighted by Crippen LogP contribution is 2.10. The van der Waals surface area contributed by atoms with Gasteiger partial charge < -0.3 is 10.1 Å². The average Bonchev–Trinajstić information content (AvgIpc) is 2.43. The minimum absolute atomic E-state index is 0.581. The Morgan fingerprint density at radius 2 is 2.06 bits per heavy atom. The predicted octanol–water partition coefficient (Wildman–Crippen LogP) is 0.804. The van der Waals surface area contributed by atoms with Crippen LogP contribution in [0.4, 0.5) is 0 Å². The highest BCUT2D eigenvalue weighted by molar-refractivity contribution is 5.79. The molecule has 0 aliphatic heterocycles. The van der Waals surface area contributed by atoms with Crippen LogP contribution >= 0.6 is 0 Å². The van der Waals surface area contributed by atoms with Gasteiger partial charge >= 0.3 is 0 Å². The molecule has 1 aromatic rings. The number of guanidine groups is 1. The number of rotatable bonds is 6. The molecule has 4 N–H and O–H groups in total. The monoisotopic (exact) mass is 250 g/mol. The number of ether oxygens (including phenoxy) is 1. The minimum Gasteiger partial charge on any atom is -0.383 e. The number of benzene rings is 1. The third-order valence-corrected chi connectivity index (χ3v) is 2.64. The Bertz CT molecular complexity index is 379. The molecule has 0 aliphatic carbocycles. The molecule has 1 rings (SSSR count). The highest BCUT2D eigenvalue weighted by Gasteiger charge is 2.00. The quantitative estimate of drug-likeness (QED) is 0.230. The zero-order chi connectivity index (χ0) is 13.2. The molecule has 18 heavy (non-hydrogen) atoms. The second-order valence-corrected chi connectivity index (χ2v) is 3.85. The van der Waals surface area contributed by atoms with Crippen LogP contribution in [0.15, 0.2) is 29.3 Å². The molecule has 0 aliphatic rings. The first kappa shape index (κ1) is 14.5. The zero-order valence-electron chi connectivity index (χ0n) is 11.1. The van der Waals surface area contributed by atoms with E-state index in [2.05, 4.69) is 34.8 Å². The summed E-state index contributed by atoms with van der Waals surface area (Å²) >= 11 is 0. The molecule has 0 spiro atoms. The molecule has 0 unspecified atom stereocenters. The van der Waals surface area contributed by atoms with Crippen LogP contribution < -0.4 is 16.6 Å². The largest absolute Gasteiger partial charge is 0.383 e. The van der Waals surface area contributed by atoms with E-state index in [0.29, 0.717) is 25.7 Å². The Morgan fingerprint density at radius 1 is 1.33 bits per heavy atom. The number of hydrogen-bond acceptors (Lipinski definition) is 3. The van der Waals surface area contributed by atoms with Crippen LogP contribution in [0.5, 0.6) is 0 Å². The Hall–Kier alpha value is -1.59. The fourth-order valence-corrected chi connectivity index (χ4v) is 1.64. The van der Waals surface area contributed by atoms with Crippen molar-refractivity contribution in [2.75, 3.05) is 20.3 Å². The molecule has 0 amide bonds. The van der Waals surface area contributed by atoms with E-state index in [-0.39, 0.29) is 0 Å². The van der Waals surface area contributed by atoms with Gasteiger partial charge in [-0.2, -0.15) is 0 Å². The molecule has 0 heterocycles. The van der Waals surface area contributed by atoms with Gasteiger partial charge in [-0.1, -0.05) is 31.2 Å². The van der Waals surface area contributed by atoms with Crippen molar-refractivity contribution in [3.8, 4) is 0 Å². The van der Waals surface area contributed by atoms with Gasteiger partial charge in [-0.05, 0) is 17.5 Å². The predicted molar refractivity (Wildman–Crippen MR) is 74.2 cm³/mol. The van der Waals surface area contributed by atoms with Gasteiger partial charge in [0.2, 0.25) is 5.96 Å². The van der Waals surface area contributed by atoms with Gasteiger partial charge in [0.25, 0.3) is 0 Å². The summed E-state index contributed by atoms with van der Waals surface area (Å²) in [5.41, 5.74) is 5.09. The molecular formula is C13H22N4O. The molecule has 0 saturated carbocycles. The summed E-state index contributed by atoms with van der Waals surface area (Å²) in [5.74, 6) is 5.99. The molecule has 5 nitrogen and oxygen atoms in total. The second-order valence-electron chi connectivity index (χ2n) is 3.85. The van der Waals surface area contributed by atoms with Crippen LogP contribution in [0, 0.1) is 0 Å². The summed E-state index contributed by atoms with van der Waals surface area (Å²) in [6.45, 7) is 4.05. The fourth-order valence-electron chi connectivity index (χ4n) is 1.64. The molecule has 0 atom stereocenters. The lowest BCUT2D eigenvalue weighted by molar-refractivity contribution is 0.203. The molecular weight excluding hydrogens is 228 g/mol.